The van der Waals surface area contributed by atoms with Crippen molar-refractivity contribution in [3.63, 3.8) is 0 Å². The first-order valence-corrected chi connectivity index (χ1v) is 7.59. The summed E-state index contributed by atoms with van der Waals surface area (Å²) in [5.74, 6) is 0.898. The van der Waals surface area contributed by atoms with Gasteiger partial charge in [-0.3, -0.25) is 4.40 Å². The predicted octanol–water partition coefficient (Wildman–Crippen LogP) is 1.60. The highest BCUT2D eigenvalue weighted by molar-refractivity contribution is 7.15. The molecule has 0 atom stereocenters. The summed E-state index contributed by atoms with van der Waals surface area (Å²) in [7, 11) is 1.99. The van der Waals surface area contributed by atoms with Crippen LogP contribution in [0.3, 0.4) is 0 Å². The molecule has 2 aromatic rings. The van der Waals surface area contributed by atoms with E-state index in [0.717, 1.165) is 42.2 Å². The molecule has 104 valence electrons. The molecule has 2 aromatic heterocycles. The smallest absolute Gasteiger partial charge is 0.195 e. The van der Waals surface area contributed by atoms with Gasteiger partial charge in [0.2, 0.25) is 0 Å². The summed E-state index contributed by atoms with van der Waals surface area (Å²) in [5.41, 5.74) is 6.31. The Morgan fingerprint density at radius 1 is 1.53 bits per heavy atom. The lowest BCUT2D eigenvalue weighted by Crippen LogP contribution is -2.39. The zero-order valence-corrected chi connectivity index (χ0v) is 12.0. The molecule has 2 heterocycles. The normalized spacial score (nSPS) is 18.3. The lowest BCUT2D eigenvalue weighted by Gasteiger charge is -2.29. The van der Waals surface area contributed by atoms with Gasteiger partial charge >= 0.3 is 0 Å². The predicted molar refractivity (Wildman–Crippen MR) is 77.6 cm³/mol. The van der Waals surface area contributed by atoms with Crippen LogP contribution in [-0.4, -0.2) is 33.7 Å². The number of anilines is 1. The van der Waals surface area contributed by atoms with Gasteiger partial charge in [-0.05, 0) is 12.8 Å². The van der Waals surface area contributed by atoms with Gasteiger partial charge in [0.1, 0.15) is 0 Å². The zero-order chi connectivity index (χ0) is 13.5. The van der Waals surface area contributed by atoms with Gasteiger partial charge in [-0.2, -0.15) is 0 Å². The van der Waals surface area contributed by atoms with Crippen molar-refractivity contribution in [2.75, 3.05) is 18.5 Å². The molecule has 1 aliphatic carbocycles. The quantitative estimate of drug-likeness (QED) is 0.892. The number of aliphatic hydroxyl groups is 1. The van der Waals surface area contributed by atoms with Crippen LogP contribution >= 0.6 is 11.3 Å². The summed E-state index contributed by atoms with van der Waals surface area (Å²) in [4.78, 5) is 7.64. The zero-order valence-electron chi connectivity index (χ0n) is 11.2. The second-order valence-corrected chi connectivity index (χ2v) is 6.30. The largest absolute Gasteiger partial charge is 0.388 e. The van der Waals surface area contributed by atoms with Crippen molar-refractivity contribution in [1.82, 2.24) is 9.38 Å². The average Bonchev–Trinajstić information content (AvgIpc) is 3.03. The van der Waals surface area contributed by atoms with Crippen LogP contribution in [0.4, 0.5) is 5.82 Å². The third-order valence-corrected chi connectivity index (χ3v) is 4.72. The van der Waals surface area contributed by atoms with Crippen molar-refractivity contribution in [3.8, 4) is 0 Å². The van der Waals surface area contributed by atoms with Gasteiger partial charge in [0.25, 0.3) is 0 Å². The lowest BCUT2D eigenvalue weighted by atomic mass is 10.0. The first kappa shape index (κ1) is 12.9. The number of nitrogens with zero attached hydrogens (tertiary/aromatic N) is 3. The number of fused-ring (bicyclic) bond motifs is 1. The van der Waals surface area contributed by atoms with Crippen molar-refractivity contribution >= 4 is 22.1 Å². The first-order chi connectivity index (χ1) is 9.13. The SMILES string of the molecule is CN(CC1(O)CCCC1)c1nc2sccn2c1CN. The number of thiazole rings is 1. The molecule has 3 N–H and O–H groups in total. The van der Waals surface area contributed by atoms with E-state index in [9.17, 15) is 5.11 Å². The Labute approximate surface area is 116 Å². The first-order valence-electron chi connectivity index (χ1n) is 6.71. The molecule has 19 heavy (non-hydrogen) atoms. The Morgan fingerprint density at radius 3 is 2.95 bits per heavy atom. The second-order valence-electron chi connectivity index (χ2n) is 5.43. The number of likely N-dealkylation sites (N-methyl/N-ethyl adjacent to an activating group) is 1. The van der Waals surface area contributed by atoms with Crippen molar-refractivity contribution in [3.05, 3.63) is 17.3 Å². The van der Waals surface area contributed by atoms with Crippen molar-refractivity contribution in [1.29, 1.82) is 0 Å². The molecule has 6 heteroatoms. The van der Waals surface area contributed by atoms with E-state index < -0.39 is 5.60 Å². The summed E-state index contributed by atoms with van der Waals surface area (Å²) in [6.45, 7) is 1.08. The Hall–Kier alpha value is -1.11. The minimum atomic E-state index is -0.558. The molecule has 0 amide bonds. The van der Waals surface area contributed by atoms with Gasteiger partial charge in [-0.15, -0.1) is 11.3 Å². The highest BCUT2D eigenvalue weighted by Gasteiger charge is 2.33. The van der Waals surface area contributed by atoms with Gasteiger partial charge < -0.3 is 15.7 Å². The summed E-state index contributed by atoms with van der Waals surface area (Å²) in [6, 6.07) is 0. The Kier molecular flexibility index (Phi) is 3.24. The highest BCUT2D eigenvalue weighted by atomic mass is 32.1. The molecule has 0 spiro atoms. The number of imidazole rings is 1. The van der Waals surface area contributed by atoms with E-state index in [0.29, 0.717) is 13.1 Å². The van der Waals surface area contributed by atoms with E-state index in [1.807, 2.05) is 27.9 Å². The molecule has 1 saturated carbocycles. The van der Waals surface area contributed by atoms with Crippen LogP contribution in [0.2, 0.25) is 0 Å². The molecule has 0 unspecified atom stereocenters. The van der Waals surface area contributed by atoms with Crippen LogP contribution in [0.15, 0.2) is 11.6 Å². The molecule has 5 nitrogen and oxygen atoms in total. The topological polar surface area (TPSA) is 66.8 Å². The van der Waals surface area contributed by atoms with E-state index >= 15 is 0 Å². The average molecular weight is 280 g/mol. The lowest BCUT2D eigenvalue weighted by molar-refractivity contribution is 0.0558. The minimum Gasteiger partial charge on any atom is -0.388 e. The maximum absolute atomic E-state index is 10.5. The summed E-state index contributed by atoms with van der Waals surface area (Å²) < 4.78 is 2.04. The van der Waals surface area contributed by atoms with Gasteiger partial charge in [-0.25, -0.2) is 4.98 Å². The van der Waals surface area contributed by atoms with E-state index in [1.165, 1.54) is 0 Å². The monoisotopic (exact) mass is 280 g/mol. The molecule has 0 radical (unpaired) electrons. The van der Waals surface area contributed by atoms with Gasteiger partial charge in [0, 0.05) is 31.7 Å². The number of aromatic nitrogens is 2. The van der Waals surface area contributed by atoms with Crippen molar-refractivity contribution in [2.24, 2.45) is 5.73 Å². The summed E-state index contributed by atoms with van der Waals surface area (Å²) in [5, 5.41) is 12.5. The van der Waals surface area contributed by atoms with Crippen LogP contribution in [-0.2, 0) is 6.54 Å². The fraction of sp³-hybridized carbons (Fsp3) is 0.615. The van der Waals surface area contributed by atoms with E-state index in [4.69, 9.17) is 5.73 Å². The number of rotatable bonds is 4. The highest BCUT2D eigenvalue weighted by Crippen LogP contribution is 2.32. The third kappa shape index (κ3) is 2.24. The second kappa shape index (κ2) is 4.77. The molecule has 0 saturated heterocycles. The number of hydrogen-bond donors (Lipinski definition) is 2. The fourth-order valence-electron chi connectivity index (χ4n) is 3.02. The summed E-state index contributed by atoms with van der Waals surface area (Å²) >= 11 is 1.60. The Balaban J connectivity index is 1.88. The maximum atomic E-state index is 10.5. The molecular weight excluding hydrogens is 260 g/mol. The Morgan fingerprint density at radius 2 is 2.26 bits per heavy atom. The van der Waals surface area contributed by atoms with E-state index in [2.05, 4.69) is 4.98 Å². The number of hydrogen-bond acceptors (Lipinski definition) is 5. The maximum Gasteiger partial charge on any atom is 0.195 e. The van der Waals surface area contributed by atoms with Crippen LogP contribution in [0.5, 0.6) is 0 Å². The van der Waals surface area contributed by atoms with Crippen LogP contribution < -0.4 is 10.6 Å². The molecule has 3 rings (SSSR count). The van der Waals surface area contributed by atoms with Crippen LogP contribution in [0.25, 0.3) is 4.96 Å². The van der Waals surface area contributed by atoms with Gasteiger partial charge in [-0.1, -0.05) is 12.8 Å². The van der Waals surface area contributed by atoms with Crippen LogP contribution in [0, 0.1) is 0 Å². The standard InChI is InChI=1S/C13H20N4OS/c1-16(9-13(18)4-2-3-5-13)11-10(8-14)17-6-7-19-12(17)15-11/h6-7,18H,2-5,8-9,14H2,1H3. The van der Waals surface area contributed by atoms with Gasteiger partial charge in [0.15, 0.2) is 10.8 Å². The molecule has 1 fully saturated rings. The van der Waals surface area contributed by atoms with Gasteiger partial charge in [0.05, 0.1) is 11.3 Å². The Bertz CT molecular complexity index is 570. The minimum absolute atomic E-state index is 0.454. The van der Waals surface area contributed by atoms with E-state index in [-0.39, 0.29) is 0 Å². The third-order valence-electron chi connectivity index (χ3n) is 3.96. The summed E-state index contributed by atoms with van der Waals surface area (Å²) in [6.07, 6.45) is 6.00. The fourth-order valence-corrected chi connectivity index (χ4v) is 3.75. The van der Waals surface area contributed by atoms with Crippen molar-refractivity contribution in [2.45, 2.75) is 37.8 Å². The molecule has 0 bridgehead atoms. The molecule has 0 aliphatic heterocycles. The van der Waals surface area contributed by atoms with E-state index in [1.54, 1.807) is 11.3 Å². The van der Waals surface area contributed by atoms with Crippen LogP contribution in [0.1, 0.15) is 31.4 Å². The molecule has 1 aliphatic rings. The number of nitrogens with two attached hydrogens (primary N) is 1. The van der Waals surface area contributed by atoms with Crippen molar-refractivity contribution < 1.29 is 5.11 Å². The molecule has 0 aromatic carbocycles. The molecular formula is C13H20N4OS.